The summed E-state index contributed by atoms with van der Waals surface area (Å²) in [6.07, 6.45) is 8.35. The van der Waals surface area contributed by atoms with Gasteiger partial charge in [0.25, 0.3) is 0 Å². The van der Waals surface area contributed by atoms with E-state index in [1.54, 1.807) is 0 Å². The molecule has 0 atom stereocenters. The number of carbonyl (C=O) groups is 1. The Morgan fingerprint density at radius 1 is 1.40 bits per heavy atom. The predicted molar refractivity (Wildman–Crippen MR) is 78.3 cm³/mol. The van der Waals surface area contributed by atoms with E-state index in [1.165, 1.54) is 25.6 Å². The van der Waals surface area contributed by atoms with Crippen LogP contribution in [0.1, 0.15) is 64.2 Å². The van der Waals surface area contributed by atoms with Gasteiger partial charge >= 0.3 is 0 Å². The van der Waals surface area contributed by atoms with Crippen LogP contribution in [-0.2, 0) is 11.2 Å². The molecular weight excluding hydrogens is 252 g/mol. The van der Waals surface area contributed by atoms with E-state index in [0.717, 1.165) is 18.7 Å². The second-order valence-corrected chi connectivity index (χ2v) is 6.37. The Labute approximate surface area is 120 Å². The number of rotatable bonds is 6. The Bertz CT molecular complexity index is 446. The van der Waals surface area contributed by atoms with E-state index in [0.29, 0.717) is 19.4 Å². The standard InChI is InChI=1S/C15H26N4O/c1-12(2)19-14(17-11-18-19)8-13(20)9-15(10-16)6-4-3-5-7-15/h11-12H,3-10,16H2,1-2H3. The van der Waals surface area contributed by atoms with Crippen molar-refractivity contribution in [3.05, 3.63) is 12.2 Å². The molecule has 1 aliphatic carbocycles. The third kappa shape index (κ3) is 3.45. The third-order valence-electron chi connectivity index (χ3n) is 4.41. The largest absolute Gasteiger partial charge is 0.330 e. The van der Waals surface area contributed by atoms with Gasteiger partial charge in [-0.2, -0.15) is 5.10 Å². The summed E-state index contributed by atoms with van der Waals surface area (Å²) in [5.41, 5.74) is 5.99. The summed E-state index contributed by atoms with van der Waals surface area (Å²) in [5.74, 6) is 1.01. The summed E-state index contributed by atoms with van der Waals surface area (Å²) >= 11 is 0. The van der Waals surface area contributed by atoms with Crippen LogP contribution in [0, 0.1) is 5.41 Å². The van der Waals surface area contributed by atoms with Crippen molar-refractivity contribution in [2.24, 2.45) is 11.1 Å². The van der Waals surface area contributed by atoms with Crippen molar-refractivity contribution in [3.8, 4) is 0 Å². The average molecular weight is 278 g/mol. The molecule has 1 heterocycles. The highest BCUT2D eigenvalue weighted by Gasteiger charge is 2.33. The lowest BCUT2D eigenvalue weighted by Crippen LogP contribution is -2.35. The summed E-state index contributed by atoms with van der Waals surface area (Å²) in [4.78, 5) is 16.6. The van der Waals surface area contributed by atoms with Gasteiger partial charge < -0.3 is 5.73 Å². The Morgan fingerprint density at radius 2 is 2.10 bits per heavy atom. The molecule has 0 spiro atoms. The fourth-order valence-electron chi connectivity index (χ4n) is 3.24. The van der Waals surface area contributed by atoms with Gasteiger partial charge in [-0.15, -0.1) is 0 Å². The van der Waals surface area contributed by atoms with E-state index in [-0.39, 0.29) is 17.2 Å². The number of hydrogen-bond acceptors (Lipinski definition) is 4. The zero-order chi connectivity index (χ0) is 14.6. The van der Waals surface area contributed by atoms with Crippen molar-refractivity contribution in [1.82, 2.24) is 14.8 Å². The molecule has 0 saturated heterocycles. The molecule has 5 nitrogen and oxygen atoms in total. The highest BCUT2D eigenvalue weighted by atomic mass is 16.1. The maximum atomic E-state index is 12.4. The van der Waals surface area contributed by atoms with Crippen LogP contribution in [0.4, 0.5) is 0 Å². The van der Waals surface area contributed by atoms with E-state index in [9.17, 15) is 4.79 Å². The minimum atomic E-state index is 0.0397. The molecule has 112 valence electrons. The number of ketones is 1. The van der Waals surface area contributed by atoms with Crippen LogP contribution in [0.2, 0.25) is 0 Å². The van der Waals surface area contributed by atoms with Crippen molar-refractivity contribution in [3.63, 3.8) is 0 Å². The molecule has 0 radical (unpaired) electrons. The first-order valence-corrected chi connectivity index (χ1v) is 7.66. The highest BCUT2D eigenvalue weighted by Crippen LogP contribution is 2.38. The minimum absolute atomic E-state index is 0.0397. The zero-order valence-corrected chi connectivity index (χ0v) is 12.6. The van der Waals surface area contributed by atoms with Gasteiger partial charge in [0.2, 0.25) is 0 Å². The normalized spacial score (nSPS) is 18.4. The molecule has 5 heteroatoms. The molecular formula is C15H26N4O. The highest BCUT2D eigenvalue weighted by molar-refractivity contribution is 5.80. The van der Waals surface area contributed by atoms with E-state index in [1.807, 2.05) is 18.5 Å². The molecule has 1 aromatic rings. The SMILES string of the molecule is CC(C)n1ncnc1CC(=O)CC1(CN)CCCCC1. The van der Waals surface area contributed by atoms with Crippen LogP contribution in [0.25, 0.3) is 0 Å². The topological polar surface area (TPSA) is 73.8 Å². The number of hydrogen-bond donors (Lipinski definition) is 1. The molecule has 0 amide bonds. The predicted octanol–water partition coefficient (Wildman–Crippen LogP) is 2.27. The van der Waals surface area contributed by atoms with Crippen LogP contribution in [0.3, 0.4) is 0 Å². The van der Waals surface area contributed by atoms with Gasteiger partial charge in [0, 0.05) is 12.5 Å². The average Bonchev–Trinajstić information content (AvgIpc) is 2.88. The van der Waals surface area contributed by atoms with E-state index < -0.39 is 0 Å². The van der Waals surface area contributed by atoms with E-state index in [2.05, 4.69) is 10.1 Å². The summed E-state index contributed by atoms with van der Waals surface area (Å²) in [6.45, 7) is 4.71. The van der Waals surface area contributed by atoms with Gasteiger partial charge in [0.1, 0.15) is 17.9 Å². The number of aromatic nitrogens is 3. The fourth-order valence-corrected chi connectivity index (χ4v) is 3.24. The van der Waals surface area contributed by atoms with Gasteiger partial charge in [-0.25, -0.2) is 9.67 Å². The molecule has 1 saturated carbocycles. The molecule has 2 N–H and O–H groups in total. The van der Waals surface area contributed by atoms with Crippen LogP contribution < -0.4 is 5.73 Å². The lowest BCUT2D eigenvalue weighted by Gasteiger charge is -2.35. The Hall–Kier alpha value is -1.23. The van der Waals surface area contributed by atoms with Crippen molar-refractivity contribution in [1.29, 1.82) is 0 Å². The molecule has 0 bridgehead atoms. The Balaban J connectivity index is 1.99. The molecule has 0 unspecified atom stereocenters. The van der Waals surface area contributed by atoms with Crippen molar-refractivity contribution >= 4 is 5.78 Å². The molecule has 20 heavy (non-hydrogen) atoms. The number of Topliss-reactive ketones (excluding diaryl/α,β-unsaturated/α-hetero) is 1. The summed E-state index contributed by atoms with van der Waals surface area (Å²) in [7, 11) is 0. The first-order chi connectivity index (χ1) is 9.56. The molecule has 0 aliphatic heterocycles. The second kappa shape index (κ2) is 6.48. The van der Waals surface area contributed by atoms with E-state index in [4.69, 9.17) is 5.73 Å². The van der Waals surface area contributed by atoms with E-state index >= 15 is 0 Å². The van der Waals surface area contributed by atoms with Gasteiger partial charge in [-0.05, 0) is 38.6 Å². The summed E-state index contributed by atoms with van der Waals surface area (Å²) < 4.78 is 1.83. The van der Waals surface area contributed by atoms with Crippen LogP contribution in [0.15, 0.2) is 6.33 Å². The Kier molecular flexibility index (Phi) is 4.91. The second-order valence-electron chi connectivity index (χ2n) is 6.37. The zero-order valence-electron chi connectivity index (χ0n) is 12.6. The van der Waals surface area contributed by atoms with Gasteiger partial charge in [0.15, 0.2) is 0 Å². The van der Waals surface area contributed by atoms with Gasteiger partial charge in [-0.1, -0.05) is 19.3 Å². The quantitative estimate of drug-likeness (QED) is 0.866. The summed E-state index contributed by atoms with van der Waals surface area (Å²) in [6, 6.07) is 0.235. The minimum Gasteiger partial charge on any atom is -0.330 e. The van der Waals surface area contributed by atoms with Crippen LogP contribution in [-0.4, -0.2) is 27.1 Å². The molecule has 1 fully saturated rings. The number of nitrogens with two attached hydrogens (primary N) is 1. The first-order valence-electron chi connectivity index (χ1n) is 7.66. The van der Waals surface area contributed by atoms with Crippen LogP contribution in [0.5, 0.6) is 0 Å². The van der Waals surface area contributed by atoms with Crippen molar-refractivity contribution in [2.75, 3.05) is 6.54 Å². The van der Waals surface area contributed by atoms with Crippen LogP contribution >= 0.6 is 0 Å². The molecule has 0 aromatic carbocycles. The maximum Gasteiger partial charge on any atom is 0.141 e. The fraction of sp³-hybridized carbons (Fsp3) is 0.800. The van der Waals surface area contributed by atoms with Gasteiger partial charge in [0.05, 0.1) is 6.42 Å². The summed E-state index contributed by atoms with van der Waals surface area (Å²) in [5, 5.41) is 4.18. The molecule has 1 aliphatic rings. The first kappa shape index (κ1) is 15.2. The third-order valence-corrected chi connectivity index (χ3v) is 4.41. The number of nitrogens with zero attached hydrogens (tertiary/aromatic N) is 3. The number of carbonyl (C=O) groups excluding carboxylic acids is 1. The Morgan fingerprint density at radius 3 is 2.70 bits per heavy atom. The monoisotopic (exact) mass is 278 g/mol. The smallest absolute Gasteiger partial charge is 0.141 e. The maximum absolute atomic E-state index is 12.4. The van der Waals surface area contributed by atoms with Crippen molar-refractivity contribution in [2.45, 2.75) is 64.8 Å². The lowest BCUT2D eigenvalue weighted by molar-refractivity contribution is -0.121. The molecule has 1 aromatic heterocycles. The van der Waals surface area contributed by atoms with Crippen molar-refractivity contribution < 1.29 is 4.79 Å². The molecule has 2 rings (SSSR count). The van der Waals surface area contributed by atoms with Gasteiger partial charge in [-0.3, -0.25) is 4.79 Å². The lowest BCUT2D eigenvalue weighted by atomic mass is 9.71.